The average Bonchev–Trinajstić information content (AvgIpc) is 2.57. The van der Waals surface area contributed by atoms with Crippen LogP contribution in [0.15, 0.2) is 12.8 Å². The Kier molecular flexibility index (Phi) is 4.79. The molecular weight excluding hydrogens is 244 g/mol. The van der Waals surface area contributed by atoms with E-state index in [2.05, 4.69) is 6.58 Å². The second-order valence-electron chi connectivity index (χ2n) is 3.81. The topological polar surface area (TPSA) is 119 Å². The van der Waals surface area contributed by atoms with Gasteiger partial charge in [0.1, 0.15) is 18.3 Å². The molecule has 1 heterocycles. The Labute approximate surface area is 103 Å². The number of amides is 3. The van der Waals surface area contributed by atoms with Crippen LogP contribution in [-0.2, 0) is 9.53 Å². The van der Waals surface area contributed by atoms with Crippen LogP contribution >= 0.6 is 0 Å². The zero-order valence-electron chi connectivity index (χ0n) is 9.81. The minimum atomic E-state index is -1.40. The fraction of sp³-hybridized carbons (Fsp3) is 0.600. The van der Waals surface area contributed by atoms with E-state index < -0.39 is 43.1 Å². The number of nitrogens with one attached hydrogen (secondary N) is 1. The van der Waals surface area contributed by atoms with Gasteiger partial charge >= 0.3 is 6.03 Å². The number of nitrogens with zero attached hydrogens (tertiary/aromatic N) is 1. The van der Waals surface area contributed by atoms with Crippen LogP contribution in [0.1, 0.15) is 6.92 Å². The van der Waals surface area contributed by atoms with Gasteiger partial charge in [-0.25, -0.2) is 4.79 Å². The number of carbonyl (C=O) groups excluding carboxylic acids is 2. The van der Waals surface area contributed by atoms with Gasteiger partial charge in [-0.1, -0.05) is 6.58 Å². The van der Waals surface area contributed by atoms with Gasteiger partial charge in [0.15, 0.2) is 6.23 Å². The molecule has 0 aromatic rings. The van der Waals surface area contributed by atoms with Crippen LogP contribution in [0.2, 0.25) is 0 Å². The minimum Gasteiger partial charge on any atom is -0.394 e. The van der Waals surface area contributed by atoms with E-state index in [-0.39, 0.29) is 0 Å². The van der Waals surface area contributed by atoms with Crippen molar-refractivity contribution < 1.29 is 29.6 Å². The fourth-order valence-electron chi connectivity index (χ4n) is 1.63. The van der Waals surface area contributed by atoms with E-state index in [1.807, 2.05) is 5.32 Å². The Morgan fingerprint density at radius 2 is 2.06 bits per heavy atom. The van der Waals surface area contributed by atoms with E-state index in [1.165, 1.54) is 0 Å². The van der Waals surface area contributed by atoms with Crippen LogP contribution in [0, 0.1) is 0 Å². The van der Waals surface area contributed by atoms with Crippen molar-refractivity contribution in [2.24, 2.45) is 0 Å². The van der Waals surface area contributed by atoms with Gasteiger partial charge in [0.05, 0.1) is 6.61 Å². The van der Waals surface area contributed by atoms with E-state index in [0.29, 0.717) is 0 Å². The van der Waals surface area contributed by atoms with Gasteiger partial charge in [-0.15, -0.1) is 0 Å². The molecule has 18 heavy (non-hydrogen) atoms. The second kappa shape index (κ2) is 5.91. The number of ether oxygens (including phenoxy) is 1. The molecule has 0 aromatic carbocycles. The smallest absolute Gasteiger partial charge is 0.330 e. The lowest BCUT2D eigenvalue weighted by atomic mass is 10.1. The summed E-state index contributed by atoms with van der Waals surface area (Å²) in [5, 5.41) is 30.1. The zero-order valence-corrected chi connectivity index (χ0v) is 9.81. The van der Waals surface area contributed by atoms with Crippen molar-refractivity contribution in [2.45, 2.75) is 31.5 Å². The highest BCUT2D eigenvalue weighted by Gasteiger charge is 2.46. The Morgan fingerprint density at radius 3 is 2.44 bits per heavy atom. The molecule has 4 N–H and O–H groups in total. The van der Waals surface area contributed by atoms with Crippen LogP contribution in [0.25, 0.3) is 0 Å². The molecule has 0 spiro atoms. The first-order valence-electron chi connectivity index (χ1n) is 5.27. The van der Waals surface area contributed by atoms with Gasteiger partial charge in [0.2, 0.25) is 5.91 Å². The van der Waals surface area contributed by atoms with E-state index in [9.17, 15) is 19.8 Å². The number of aliphatic hydroxyl groups is 3. The lowest BCUT2D eigenvalue weighted by Crippen LogP contribution is -2.49. The SMILES string of the molecule is C=CN(C(=O)NC(C)=O)[C@@H]1OC(CO)[C@@H](O)[C@H]1O. The van der Waals surface area contributed by atoms with Crippen molar-refractivity contribution in [3.63, 3.8) is 0 Å². The molecule has 0 bridgehead atoms. The molecular formula is C10H16N2O6. The summed E-state index contributed by atoms with van der Waals surface area (Å²) >= 11 is 0. The molecule has 0 aliphatic carbocycles. The summed E-state index contributed by atoms with van der Waals surface area (Å²) in [6, 6.07) is -0.840. The number of urea groups is 1. The molecule has 1 unspecified atom stereocenters. The van der Waals surface area contributed by atoms with Crippen molar-refractivity contribution in [3.05, 3.63) is 12.8 Å². The van der Waals surface area contributed by atoms with Gasteiger partial charge in [-0.2, -0.15) is 0 Å². The maximum absolute atomic E-state index is 11.6. The first-order valence-corrected chi connectivity index (χ1v) is 5.27. The lowest BCUT2D eigenvalue weighted by Gasteiger charge is -2.26. The average molecular weight is 260 g/mol. The first kappa shape index (κ1) is 14.6. The second-order valence-corrected chi connectivity index (χ2v) is 3.81. The zero-order chi connectivity index (χ0) is 13.9. The monoisotopic (exact) mass is 260 g/mol. The molecule has 1 saturated heterocycles. The summed E-state index contributed by atoms with van der Waals surface area (Å²) in [7, 11) is 0. The Hall–Kier alpha value is -1.48. The van der Waals surface area contributed by atoms with Crippen molar-refractivity contribution in [1.82, 2.24) is 10.2 Å². The number of hydrogen-bond acceptors (Lipinski definition) is 6. The third-order valence-electron chi connectivity index (χ3n) is 2.51. The predicted molar refractivity (Wildman–Crippen MR) is 59.0 cm³/mol. The minimum absolute atomic E-state index is 0.506. The predicted octanol–water partition coefficient (Wildman–Crippen LogP) is -1.87. The van der Waals surface area contributed by atoms with Crippen LogP contribution < -0.4 is 5.32 Å². The van der Waals surface area contributed by atoms with E-state index >= 15 is 0 Å². The molecule has 1 aliphatic heterocycles. The molecule has 0 radical (unpaired) electrons. The molecule has 4 atom stereocenters. The third-order valence-corrected chi connectivity index (χ3v) is 2.51. The van der Waals surface area contributed by atoms with E-state index in [1.54, 1.807) is 0 Å². The Morgan fingerprint density at radius 1 is 1.44 bits per heavy atom. The Balaban J connectivity index is 2.80. The summed E-state index contributed by atoms with van der Waals surface area (Å²) in [5.74, 6) is -0.585. The van der Waals surface area contributed by atoms with E-state index in [0.717, 1.165) is 18.0 Å². The summed E-state index contributed by atoms with van der Waals surface area (Å²) in [6.07, 6.45) is -3.89. The van der Waals surface area contributed by atoms with Gasteiger partial charge in [0, 0.05) is 13.1 Å². The number of carbonyl (C=O) groups is 2. The molecule has 0 aromatic heterocycles. The molecule has 102 valence electrons. The highest BCUT2D eigenvalue weighted by atomic mass is 16.6. The van der Waals surface area contributed by atoms with Crippen LogP contribution in [-0.4, -0.2) is 63.3 Å². The van der Waals surface area contributed by atoms with Gasteiger partial charge < -0.3 is 20.1 Å². The van der Waals surface area contributed by atoms with Crippen molar-refractivity contribution in [2.75, 3.05) is 6.61 Å². The number of hydrogen-bond donors (Lipinski definition) is 4. The van der Waals surface area contributed by atoms with Crippen molar-refractivity contribution in [3.8, 4) is 0 Å². The highest BCUT2D eigenvalue weighted by molar-refractivity contribution is 5.93. The summed E-state index contributed by atoms with van der Waals surface area (Å²) in [4.78, 5) is 23.2. The van der Waals surface area contributed by atoms with Gasteiger partial charge in [-0.3, -0.25) is 15.0 Å². The maximum atomic E-state index is 11.6. The highest BCUT2D eigenvalue weighted by Crippen LogP contribution is 2.24. The van der Waals surface area contributed by atoms with Crippen LogP contribution in [0.4, 0.5) is 4.79 Å². The van der Waals surface area contributed by atoms with E-state index in [4.69, 9.17) is 9.84 Å². The fourth-order valence-corrected chi connectivity index (χ4v) is 1.63. The standard InChI is InChI=1S/C10H16N2O6/c1-3-12(10(17)11-5(2)14)9-8(16)7(15)6(4-13)18-9/h3,6-9,13,15-16H,1,4H2,2H3,(H,11,14,17)/t6?,7-,8-,9-/m1/s1. The number of aliphatic hydroxyl groups excluding tert-OH is 3. The summed E-state index contributed by atoms with van der Waals surface area (Å²) in [5.41, 5.74) is 0. The first-order chi connectivity index (χ1) is 8.42. The summed E-state index contributed by atoms with van der Waals surface area (Å²) in [6.45, 7) is 4.01. The van der Waals surface area contributed by atoms with Gasteiger partial charge in [0.25, 0.3) is 0 Å². The van der Waals surface area contributed by atoms with Gasteiger partial charge in [-0.05, 0) is 0 Å². The number of rotatable bonds is 3. The molecule has 8 nitrogen and oxygen atoms in total. The van der Waals surface area contributed by atoms with Crippen molar-refractivity contribution >= 4 is 11.9 Å². The van der Waals surface area contributed by atoms with Crippen LogP contribution in [0.5, 0.6) is 0 Å². The normalized spacial score (nSPS) is 30.9. The molecule has 3 amide bonds. The Bertz CT molecular complexity index is 347. The lowest BCUT2D eigenvalue weighted by molar-refractivity contribution is -0.118. The maximum Gasteiger partial charge on any atom is 0.330 e. The van der Waals surface area contributed by atoms with Crippen molar-refractivity contribution in [1.29, 1.82) is 0 Å². The molecule has 8 heteroatoms. The molecule has 1 aliphatic rings. The summed E-state index contributed by atoms with van der Waals surface area (Å²) < 4.78 is 5.12. The number of imide groups is 1. The molecule has 1 rings (SSSR count). The quantitative estimate of drug-likeness (QED) is 0.472. The molecule has 1 fully saturated rings. The third kappa shape index (κ3) is 2.85. The largest absolute Gasteiger partial charge is 0.394 e. The van der Waals surface area contributed by atoms with Crippen LogP contribution in [0.3, 0.4) is 0 Å². The molecule has 0 saturated carbocycles.